The Hall–Kier alpha value is -3.85. The number of anilines is 3. The van der Waals surface area contributed by atoms with Crippen molar-refractivity contribution in [1.82, 2.24) is 0 Å². The number of carbonyl (C=O) groups is 2. The molecule has 0 aliphatic carbocycles. The molecule has 1 aliphatic rings. The minimum absolute atomic E-state index is 0.163. The first-order valence-electron chi connectivity index (χ1n) is 10.3. The third kappa shape index (κ3) is 5.32. The van der Waals surface area contributed by atoms with Crippen LogP contribution in [0.5, 0.6) is 5.75 Å². The van der Waals surface area contributed by atoms with Crippen LogP contribution < -0.4 is 19.7 Å². The van der Waals surface area contributed by atoms with Gasteiger partial charge >= 0.3 is 0 Å². The summed E-state index contributed by atoms with van der Waals surface area (Å²) in [5, 5.41) is 5.39. The van der Waals surface area contributed by atoms with Crippen LogP contribution in [0.3, 0.4) is 0 Å². The molecule has 33 heavy (non-hydrogen) atoms. The second kappa shape index (κ2) is 9.33. The Labute approximate surface area is 192 Å². The van der Waals surface area contributed by atoms with E-state index in [2.05, 4.69) is 10.6 Å². The molecule has 1 aliphatic heterocycles. The third-order valence-electron chi connectivity index (χ3n) is 5.01. The zero-order chi connectivity index (χ0) is 23.4. The summed E-state index contributed by atoms with van der Waals surface area (Å²) in [6, 6.07) is 22.3. The van der Waals surface area contributed by atoms with Gasteiger partial charge in [-0.15, -0.1) is 0 Å². The van der Waals surface area contributed by atoms with Gasteiger partial charge in [0.15, 0.2) is 6.10 Å². The highest BCUT2D eigenvalue weighted by Crippen LogP contribution is 2.36. The highest BCUT2D eigenvalue weighted by atomic mass is 32.2. The Morgan fingerprint density at radius 1 is 0.939 bits per heavy atom. The molecule has 8 nitrogen and oxygen atoms in total. The maximum absolute atomic E-state index is 13.3. The molecule has 0 aromatic heterocycles. The van der Waals surface area contributed by atoms with E-state index < -0.39 is 22.0 Å². The molecule has 0 saturated heterocycles. The van der Waals surface area contributed by atoms with Gasteiger partial charge in [0.2, 0.25) is 15.9 Å². The maximum atomic E-state index is 13.3. The van der Waals surface area contributed by atoms with E-state index in [4.69, 9.17) is 4.74 Å². The number of rotatable bonds is 6. The van der Waals surface area contributed by atoms with Crippen molar-refractivity contribution < 1.29 is 22.7 Å². The molecule has 3 aromatic rings. The Bertz CT molecular complexity index is 1280. The second-order valence-corrected chi connectivity index (χ2v) is 9.49. The summed E-state index contributed by atoms with van der Waals surface area (Å²) in [5.74, 6) is -0.614. The smallest absolute Gasteiger partial charge is 0.267 e. The first-order chi connectivity index (χ1) is 15.8. The zero-order valence-corrected chi connectivity index (χ0v) is 18.7. The van der Waals surface area contributed by atoms with Gasteiger partial charge in [-0.1, -0.05) is 48.5 Å². The molecule has 3 aromatic carbocycles. The van der Waals surface area contributed by atoms with E-state index in [9.17, 15) is 18.0 Å². The first-order valence-corrected chi connectivity index (χ1v) is 11.9. The summed E-state index contributed by atoms with van der Waals surface area (Å²) < 4.78 is 33.7. The first kappa shape index (κ1) is 22.3. The molecule has 0 fully saturated rings. The minimum atomic E-state index is -3.78. The fourth-order valence-corrected chi connectivity index (χ4v) is 5.15. The van der Waals surface area contributed by atoms with Gasteiger partial charge in [-0.3, -0.25) is 13.9 Å². The summed E-state index contributed by atoms with van der Waals surface area (Å²) in [4.78, 5) is 24.3. The molecule has 170 valence electrons. The number of carbonyl (C=O) groups excluding carboxylic acids is 2. The molecule has 4 rings (SSSR count). The fourth-order valence-electron chi connectivity index (χ4n) is 3.57. The lowest BCUT2D eigenvalue weighted by molar-refractivity contribution is -0.122. The molecular formula is C24H23N3O5S. The van der Waals surface area contributed by atoms with E-state index in [1.165, 1.54) is 11.2 Å². The molecule has 0 bridgehead atoms. The van der Waals surface area contributed by atoms with Crippen molar-refractivity contribution in [2.24, 2.45) is 0 Å². The summed E-state index contributed by atoms with van der Waals surface area (Å²) in [5.41, 5.74) is 2.03. The van der Waals surface area contributed by atoms with Crippen molar-refractivity contribution in [2.45, 2.75) is 18.8 Å². The quantitative estimate of drug-likeness (QED) is 0.581. The van der Waals surface area contributed by atoms with E-state index >= 15 is 0 Å². The van der Waals surface area contributed by atoms with Gasteiger partial charge in [0.1, 0.15) is 5.75 Å². The lowest BCUT2D eigenvalue weighted by Gasteiger charge is -2.34. The number of nitrogens with one attached hydrogen (secondary N) is 2. The number of fused-ring (bicyclic) bond motifs is 1. The van der Waals surface area contributed by atoms with Crippen LogP contribution >= 0.6 is 0 Å². The number of nitrogens with zero attached hydrogens (tertiary/aromatic N) is 1. The normalized spacial score (nSPS) is 15.2. The fraction of sp³-hybridized carbons (Fsp3) is 0.167. The molecule has 2 N–H and O–H groups in total. The standard InChI is InChI=1S/C24H23N3O5S/c1-17(28)25-19-10-7-11-20(14-19)26-24(29)23-15-27(21-12-5-6-13-22(21)32-23)33(30,31)16-18-8-3-2-4-9-18/h2-14,23H,15-16H2,1H3,(H,25,28)(H,26,29)/t23-/m0/s1. The summed E-state index contributed by atoms with van der Waals surface area (Å²) >= 11 is 0. The number of para-hydroxylation sites is 2. The lowest BCUT2D eigenvalue weighted by Crippen LogP contribution is -2.49. The van der Waals surface area contributed by atoms with Crippen LogP contribution in [-0.4, -0.2) is 32.9 Å². The molecule has 1 heterocycles. The topological polar surface area (TPSA) is 105 Å². The van der Waals surface area contributed by atoms with E-state index in [0.29, 0.717) is 28.4 Å². The summed E-state index contributed by atoms with van der Waals surface area (Å²) in [6.45, 7) is 1.23. The van der Waals surface area contributed by atoms with E-state index in [1.807, 2.05) is 6.07 Å². The van der Waals surface area contributed by atoms with Gasteiger partial charge in [0.05, 0.1) is 18.0 Å². The van der Waals surface area contributed by atoms with Crippen molar-refractivity contribution in [1.29, 1.82) is 0 Å². The number of ether oxygens (including phenoxy) is 1. The van der Waals surface area contributed by atoms with Crippen molar-refractivity contribution >= 4 is 38.9 Å². The van der Waals surface area contributed by atoms with Gasteiger partial charge in [0, 0.05) is 18.3 Å². The molecular weight excluding hydrogens is 442 g/mol. The minimum Gasteiger partial charge on any atom is -0.476 e. The van der Waals surface area contributed by atoms with Gasteiger partial charge in [-0.2, -0.15) is 0 Å². The van der Waals surface area contributed by atoms with Crippen LogP contribution in [0.25, 0.3) is 0 Å². The van der Waals surface area contributed by atoms with Crippen LogP contribution in [0.15, 0.2) is 78.9 Å². The van der Waals surface area contributed by atoms with Crippen LogP contribution in [0.2, 0.25) is 0 Å². The molecule has 0 spiro atoms. The number of hydrogen-bond acceptors (Lipinski definition) is 5. The summed E-state index contributed by atoms with van der Waals surface area (Å²) in [7, 11) is -3.78. The van der Waals surface area contributed by atoms with Crippen LogP contribution in [-0.2, 0) is 25.4 Å². The molecule has 0 radical (unpaired) electrons. The summed E-state index contributed by atoms with van der Waals surface area (Å²) in [6.07, 6.45) is -1.06. The third-order valence-corrected chi connectivity index (χ3v) is 6.72. The van der Waals surface area contributed by atoms with E-state index in [-0.39, 0.29) is 18.2 Å². The maximum Gasteiger partial charge on any atom is 0.267 e. The Kier molecular flexibility index (Phi) is 6.32. The van der Waals surface area contributed by atoms with Crippen molar-refractivity contribution in [3.05, 3.63) is 84.4 Å². The molecule has 2 amide bonds. The average Bonchev–Trinajstić information content (AvgIpc) is 2.78. The number of amides is 2. The largest absolute Gasteiger partial charge is 0.476 e. The molecule has 9 heteroatoms. The predicted octanol–water partition coefficient (Wildman–Crippen LogP) is 3.38. The monoisotopic (exact) mass is 465 g/mol. The van der Waals surface area contributed by atoms with Crippen molar-refractivity contribution in [3.8, 4) is 5.75 Å². The van der Waals surface area contributed by atoms with Crippen molar-refractivity contribution in [3.63, 3.8) is 0 Å². The lowest BCUT2D eigenvalue weighted by atomic mass is 10.2. The highest BCUT2D eigenvalue weighted by molar-refractivity contribution is 7.92. The number of sulfonamides is 1. The van der Waals surface area contributed by atoms with Crippen LogP contribution in [0.4, 0.5) is 17.1 Å². The van der Waals surface area contributed by atoms with Gasteiger partial charge < -0.3 is 15.4 Å². The van der Waals surface area contributed by atoms with Crippen molar-refractivity contribution in [2.75, 3.05) is 21.5 Å². The zero-order valence-electron chi connectivity index (χ0n) is 17.9. The highest BCUT2D eigenvalue weighted by Gasteiger charge is 2.36. The van der Waals surface area contributed by atoms with Crippen LogP contribution in [0.1, 0.15) is 12.5 Å². The molecule has 0 unspecified atom stereocenters. The van der Waals surface area contributed by atoms with Gasteiger partial charge in [0.25, 0.3) is 5.91 Å². The molecule has 1 atom stereocenters. The molecule has 0 saturated carbocycles. The Morgan fingerprint density at radius 2 is 1.61 bits per heavy atom. The number of hydrogen-bond donors (Lipinski definition) is 2. The Morgan fingerprint density at radius 3 is 2.33 bits per heavy atom. The van der Waals surface area contributed by atoms with Gasteiger partial charge in [-0.05, 0) is 35.9 Å². The predicted molar refractivity (Wildman–Crippen MR) is 127 cm³/mol. The Balaban J connectivity index is 1.57. The SMILES string of the molecule is CC(=O)Nc1cccc(NC(=O)[C@@H]2CN(S(=O)(=O)Cc3ccccc3)c3ccccc3O2)c1. The average molecular weight is 466 g/mol. The van der Waals surface area contributed by atoms with Gasteiger partial charge in [-0.25, -0.2) is 8.42 Å². The number of benzene rings is 3. The second-order valence-electron chi connectivity index (χ2n) is 7.60. The van der Waals surface area contributed by atoms with E-state index in [1.54, 1.807) is 72.8 Å². The van der Waals surface area contributed by atoms with E-state index in [0.717, 1.165) is 0 Å². The van der Waals surface area contributed by atoms with Crippen LogP contribution in [0, 0.1) is 0 Å².